The highest BCUT2D eigenvalue weighted by molar-refractivity contribution is 7.91. The Bertz CT molecular complexity index is 893. The van der Waals surface area contributed by atoms with Gasteiger partial charge in [-0.1, -0.05) is 18.2 Å². The van der Waals surface area contributed by atoms with Crippen LogP contribution in [0.1, 0.15) is 0 Å². The van der Waals surface area contributed by atoms with Crippen LogP contribution >= 0.6 is 0 Å². The van der Waals surface area contributed by atoms with Gasteiger partial charge >= 0.3 is 0 Å². The summed E-state index contributed by atoms with van der Waals surface area (Å²) in [5.74, 6) is 0.631. The minimum absolute atomic E-state index is 0.259. The van der Waals surface area contributed by atoms with Crippen molar-refractivity contribution in [3.8, 4) is 5.75 Å². The van der Waals surface area contributed by atoms with Crippen LogP contribution in [0.5, 0.6) is 5.75 Å². The number of benzene rings is 2. The maximum Gasteiger partial charge on any atom is 0.222 e. The molecule has 0 aliphatic rings. The minimum Gasteiger partial charge on any atom is -0.497 e. The zero-order valence-corrected chi connectivity index (χ0v) is 12.6. The highest BCUT2D eigenvalue weighted by atomic mass is 32.2. The Kier molecular flexibility index (Phi) is 3.22. The van der Waals surface area contributed by atoms with Gasteiger partial charge < -0.3 is 9.30 Å². The summed E-state index contributed by atoms with van der Waals surface area (Å²) in [6.45, 7) is 0. The van der Waals surface area contributed by atoms with Gasteiger partial charge in [0.15, 0.2) is 0 Å². The second-order valence-electron chi connectivity index (χ2n) is 4.78. The molecule has 3 aromatic rings. The first-order valence-electron chi connectivity index (χ1n) is 6.47. The molecule has 0 amide bonds. The molecular formula is C16H15NO3S. The zero-order chi connectivity index (χ0) is 15.0. The summed E-state index contributed by atoms with van der Waals surface area (Å²) < 4.78 is 32.3. The van der Waals surface area contributed by atoms with Crippen molar-refractivity contribution in [2.75, 3.05) is 7.11 Å². The van der Waals surface area contributed by atoms with Crippen molar-refractivity contribution in [2.24, 2.45) is 7.05 Å². The number of nitrogens with zero attached hydrogens (tertiary/aromatic N) is 1. The predicted octanol–water partition coefficient (Wildman–Crippen LogP) is 3.02. The molecule has 1 heterocycles. The monoisotopic (exact) mass is 301 g/mol. The van der Waals surface area contributed by atoms with E-state index >= 15 is 0 Å². The molecule has 2 aromatic carbocycles. The van der Waals surface area contributed by atoms with Crippen LogP contribution in [0.25, 0.3) is 10.9 Å². The molecule has 0 aliphatic heterocycles. The summed E-state index contributed by atoms with van der Waals surface area (Å²) >= 11 is 0. The second-order valence-corrected chi connectivity index (χ2v) is 6.68. The molecule has 0 fully saturated rings. The number of rotatable bonds is 3. The first-order valence-corrected chi connectivity index (χ1v) is 7.96. The largest absolute Gasteiger partial charge is 0.497 e. The summed E-state index contributed by atoms with van der Waals surface area (Å²) in [5, 5.41) is 1.20. The third-order valence-electron chi connectivity index (χ3n) is 3.55. The van der Waals surface area contributed by atoms with Gasteiger partial charge in [-0.25, -0.2) is 8.42 Å². The molecule has 0 saturated carbocycles. The number of fused-ring (bicyclic) bond motifs is 1. The molecule has 0 N–H and O–H groups in total. The molecule has 4 nitrogen and oxygen atoms in total. The average Bonchev–Trinajstić information content (AvgIpc) is 2.86. The molecular weight excluding hydrogens is 286 g/mol. The standard InChI is InChI=1S/C16H15NO3S/c1-17-15-6-4-3-5-12(15)11-16(17)21(18,19)14-9-7-13(20-2)8-10-14/h3-11H,1-2H3. The number of aromatic nitrogens is 1. The van der Waals surface area contributed by atoms with Crippen LogP contribution in [0, 0.1) is 0 Å². The normalized spacial score (nSPS) is 11.7. The number of aryl methyl sites for hydroxylation is 1. The minimum atomic E-state index is -3.55. The first kappa shape index (κ1) is 13.7. The Balaban J connectivity index is 2.17. The van der Waals surface area contributed by atoms with E-state index in [4.69, 9.17) is 4.74 Å². The lowest BCUT2D eigenvalue weighted by atomic mass is 10.2. The van der Waals surface area contributed by atoms with E-state index in [1.165, 1.54) is 0 Å². The number of para-hydroxylation sites is 1. The molecule has 0 bridgehead atoms. The lowest BCUT2D eigenvalue weighted by Crippen LogP contribution is -2.07. The van der Waals surface area contributed by atoms with Crippen LogP contribution in [0.2, 0.25) is 0 Å². The first-order chi connectivity index (χ1) is 10.0. The Labute approximate surface area is 123 Å². The highest BCUT2D eigenvalue weighted by Crippen LogP contribution is 2.27. The Morgan fingerprint density at radius 2 is 1.67 bits per heavy atom. The van der Waals surface area contributed by atoms with Crippen LogP contribution in [0.15, 0.2) is 64.5 Å². The van der Waals surface area contributed by atoms with Crippen LogP contribution < -0.4 is 4.74 Å². The highest BCUT2D eigenvalue weighted by Gasteiger charge is 2.22. The summed E-state index contributed by atoms with van der Waals surface area (Å²) in [6.07, 6.45) is 0. The number of hydrogen-bond acceptors (Lipinski definition) is 3. The molecule has 0 aliphatic carbocycles. The summed E-state index contributed by atoms with van der Waals surface area (Å²) in [5.41, 5.74) is 0.893. The number of ether oxygens (including phenoxy) is 1. The maximum absolute atomic E-state index is 12.8. The van der Waals surface area contributed by atoms with E-state index in [0.717, 1.165) is 10.9 Å². The summed E-state index contributed by atoms with van der Waals surface area (Å²) in [7, 11) is -0.237. The third-order valence-corrected chi connectivity index (χ3v) is 5.39. The molecule has 0 radical (unpaired) electrons. The molecule has 21 heavy (non-hydrogen) atoms. The fourth-order valence-corrected chi connectivity index (χ4v) is 3.87. The molecule has 0 spiro atoms. The molecule has 0 atom stereocenters. The van der Waals surface area contributed by atoms with Gasteiger partial charge in [-0.15, -0.1) is 0 Å². The average molecular weight is 301 g/mol. The number of methoxy groups -OCH3 is 1. The summed E-state index contributed by atoms with van der Waals surface area (Å²) in [4.78, 5) is 0.259. The fraction of sp³-hybridized carbons (Fsp3) is 0.125. The molecule has 1 aromatic heterocycles. The lowest BCUT2D eigenvalue weighted by molar-refractivity contribution is 0.414. The van der Waals surface area contributed by atoms with Crippen molar-refractivity contribution in [1.82, 2.24) is 4.57 Å². The smallest absolute Gasteiger partial charge is 0.222 e. The van der Waals surface area contributed by atoms with E-state index < -0.39 is 9.84 Å². The topological polar surface area (TPSA) is 48.3 Å². The van der Waals surface area contributed by atoms with Gasteiger partial charge in [-0.2, -0.15) is 0 Å². The van der Waals surface area contributed by atoms with Crippen LogP contribution in [-0.4, -0.2) is 20.1 Å². The van der Waals surface area contributed by atoms with Gasteiger partial charge in [0, 0.05) is 18.0 Å². The van der Waals surface area contributed by atoms with Crippen molar-refractivity contribution in [2.45, 2.75) is 9.92 Å². The van der Waals surface area contributed by atoms with Crippen LogP contribution in [0.3, 0.4) is 0 Å². The molecule has 108 valence electrons. The number of hydrogen-bond donors (Lipinski definition) is 0. The maximum atomic E-state index is 12.8. The fourth-order valence-electron chi connectivity index (χ4n) is 2.40. The van der Waals surface area contributed by atoms with Crippen LogP contribution in [0.4, 0.5) is 0 Å². The lowest BCUT2D eigenvalue weighted by Gasteiger charge is -2.07. The molecule has 3 rings (SSSR count). The molecule has 0 unspecified atom stereocenters. The predicted molar refractivity (Wildman–Crippen MR) is 81.4 cm³/mol. The SMILES string of the molecule is COc1ccc(S(=O)(=O)c2cc3ccccc3n2C)cc1. The van der Waals surface area contributed by atoms with Gasteiger partial charge in [0.1, 0.15) is 10.8 Å². The van der Waals surface area contributed by atoms with Gasteiger partial charge in [0.25, 0.3) is 0 Å². The van der Waals surface area contributed by atoms with Crippen molar-refractivity contribution in [1.29, 1.82) is 0 Å². The van der Waals surface area contributed by atoms with Crippen molar-refractivity contribution >= 4 is 20.7 Å². The molecule has 5 heteroatoms. The van der Waals surface area contributed by atoms with Gasteiger partial charge in [0.05, 0.1) is 12.0 Å². The van der Waals surface area contributed by atoms with E-state index in [0.29, 0.717) is 5.75 Å². The zero-order valence-electron chi connectivity index (χ0n) is 11.8. The van der Waals surface area contributed by atoms with Gasteiger partial charge in [-0.3, -0.25) is 0 Å². The Morgan fingerprint density at radius 1 is 1.00 bits per heavy atom. The van der Waals surface area contributed by atoms with E-state index in [1.54, 1.807) is 49.1 Å². The van der Waals surface area contributed by atoms with E-state index in [-0.39, 0.29) is 9.92 Å². The van der Waals surface area contributed by atoms with Crippen molar-refractivity contribution in [3.63, 3.8) is 0 Å². The summed E-state index contributed by atoms with van der Waals surface area (Å²) in [6, 6.07) is 15.7. The Morgan fingerprint density at radius 3 is 2.29 bits per heavy atom. The second kappa shape index (κ2) is 4.93. The number of sulfone groups is 1. The third kappa shape index (κ3) is 2.19. The van der Waals surface area contributed by atoms with Crippen molar-refractivity contribution < 1.29 is 13.2 Å². The van der Waals surface area contributed by atoms with Crippen molar-refractivity contribution in [3.05, 3.63) is 54.6 Å². The van der Waals surface area contributed by atoms with E-state index in [1.807, 2.05) is 24.3 Å². The quantitative estimate of drug-likeness (QED) is 0.747. The van der Waals surface area contributed by atoms with Gasteiger partial charge in [0.2, 0.25) is 9.84 Å². The molecule has 0 saturated heterocycles. The van der Waals surface area contributed by atoms with Gasteiger partial charge in [-0.05, 0) is 36.4 Å². The Hall–Kier alpha value is -2.27. The van der Waals surface area contributed by atoms with E-state index in [2.05, 4.69) is 0 Å². The van der Waals surface area contributed by atoms with E-state index in [9.17, 15) is 8.42 Å². The van der Waals surface area contributed by atoms with Crippen LogP contribution in [-0.2, 0) is 16.9 Å².